The molecule has 1 aromatic carbocycles. The van der Waals surface area contributed by atoms with Gasteiger partial charge < -0.3 is 9.80 Å². The van der Waals surface area contributed by atoms with E-state index in [4.69, 9.17) is 0 Å². The molecule has 0 spiro atoms. The number of halogens is 1. The molecule has 2 fully saturated rings. The van der Waals surface area contributed by atoms with Crippen LogP contribution in [0.15, 0.2) is 36.5 Å². The molecule has 2 saturated heterocycles. The zero-order valence-corrected chi connectivity index (χ0v) is 16.5. The summed E-state index contributed by atoms with van der Waals surface area (Å²) in [5.74, 6) is 0.975. The van der Waals surface area contributed by atoms with Crippen LogP contribution in [0.5, 0.6) is 0 Å². The third kappa shape index (κ3) is 4.25. The SMILES string of the molecule is O=S(=O)(Cc1cccc(F)c1)N1CCN(c2ccnc(N3CCCC3)n2)CC1. The summed E-state index contributed by atoms with van der Waals surface area (Å²) in [4.78, 5) is 13.3. The number of hydrogen-bond donors (Lipinski definition) is 0. The number of hydrogen-bond acceptors (Lipinski definition) is 6. The lowest BCUT2D eigenvalue weighted by Gasteiger charge is -2.35. The summed E-state index contributed by atoms with van der Waals surface area (Å²) in [6, 6.07) is 7.63. The average molecular weight is 405 g/mol. The van der Waals surface area contributed by atoms with Crippen molar-refractivity contribution >= 4 is 21.8 Å². The Morgan fingerprint density at radius 2 is 1.71 bits per heavy atom. The van der Waals surface area contributed by atoms with E-state index in [0.29, 0.717) is 31.7 Å². The molecule has 0 unspecified atom stereocenters. The number of sulfonamides is 1. The van der Waals surface area contributed by atoms with Crippen LogP contribution in [0.3, 0.4) is 0 Å². The molecule has 150 valence electrons. The highest BCUT2D eigenvalue weighted by Gasteiger charge is 2.28. The molecule has 0 bridgehead atoms. The molecule has 9 heteroatoms. The Balaban J connectivity index is 1.39. The maximum atomic E-state index is 13.3. The lowest BCUT2D eigenvalue weighted by atomic mass is 10.2. The molecular weight excluding hydrogens is 381 g/mol. The van der Waals surface area contributed by atoms with Crippen molar-refractivity contribution in [2.45, 2.75) is 18.6 Å². The van der Waals surface area contributed by atoms with E-state index < -0.39 is 15.8 Å². The molecule has 2 aliphatic heterocycles. The summed E-state index contributed by atoms with van der Waals surface area (Å²) in [5, 5.41) is 0. The Morgan fingerprint density at radius 3 is 2.43 bits per heavy atom. The van der Waals surface area contributed by atoms with Gasteiger partial charge in [0, 0.05) is 45.5 Å². The summed E-state index contributed by atoms with van der Waals surface area (Å²) >= 11 is 0. The van der Waals surface area contributed by atoms with Crippen molar-refractivity contribution < 1.29 is 12.8 Å². The first kappa shape index (κ1) is 19.1. The molecular formula is C19H24FN5O2S. The van der Waals surface area contributed by atoms with Gasteiger partial charge in [-0.3, -0.25) is 0 Å². The number of piperazine rings is 1. The average Bonchev–Trinajstić information content (AvgIpc) is 3.23. The van der Waals surface area contributed by atoms with Crippen molar-refractivity contribution in [3.8, 4) is 0 Å². The number of nitrogens with zero attached hydrogens (tertiary/aromatic N) is 5. The zero-order valence-electron chi connectivity index (χ0n) is 15.7. The molecule has 1 aromatic heterocycles. The van der Waals surface area contributed by atoms with Gasteiger partial charge in [0.05, 0.1) is 5.75 Å². The maximum absolute atomic E-state index is 13.3. The Kier molecular flexibility index (Phi) is 5.45. The highest BCUT2D eigenvalue weighted by molar-refractivity contribution is 7.88. The summed E-state index contributed by atoms with van der Waals surface area (Å²) in [6.07, 6.45) is 4.09. The number of benzene rings is 1. The van der Waals surface area contributed by atoms with Crippen molar-refractivity contribution in [1.29, 1.82) is 0 Å². The molecule has 0 amide bonds. The van der Waals surface area contributed by atoms with Crippen molar-refractivity contribution in [2.24, 2.45) is 0 Å². The Labute approximate surface area is 164 Å². The standard InChI is InChI=1S/C19H24FN5O2S/c20-17-5-3-4-16(14-17)15-28(26,27)25-12-10-23(11-13-25)18-6-7-21-19(22-18)24-8-1-2-9-24/h3-7,14H,1-2,8-13,15H2. The first-order chi connectivity index (χ1) is 13.5. The topological polar surface area (TPSA) is 69.6 Å². The van der Waals surface area contributed by atoms with Gasteiger partial charge in [-0.2, -0.15) is 9.29 Å². The summed E-state index contributed by atoms with van der Waals surface area (Å²) in [7, 11) is -3.48. The van der Waals surface area contributed by atoms with Crippen molar-refractivity contribution in [3.63, 3.8) is 0 Å². The monoisotopic (exact) mass is 405 g/mol. The van der Waals surface area contributed by atoms with Gasteiger partial charge in [0.25, 0.3) is 0 Å². The third-order valence-corrected chi connectivity index (χ3v) is 7.06. The second-order valence-electron chi connectivity index (χ2n) is 7.18. The van der Waals surface area contributed by atoms with E-state index in [9.17, 15) is 12.8 Å². The minimum Gasteiger partial charge on any atom is -0.354 e. The second kappa shape index (κ2) is 8.00. The maximum Gasteiger partial charge on any atom is 0.227 e. The van der Waals surface area contributed by atoms with Gasteiger partial charge in [-0.25, -0.2) is 17.8 Å². The fourth-order valence-corrected chi connectivity index (χ4v) is 5.21. The summed E-state index contributed by atoms with van der Waals surface area (Å²) < 4.78 is 40.2. The molecule has 2 aliphatic rings. The van der Waals surface area contributed by atoms with Crippen LogP contribution in [0, 0.1) is 5.82 Å². The predicted octanol–water partition coefficient (Wildman–Crippen LogP) is 1.87. The van der Waals surface area contributed by atoms with Crippen LogP contribution >= 0.6 is 0 Å². The minimum absolute atomic E-state index is 0.183. The van der Waals surface area contributed by atoms with E-state index in [1.54, 1.807) is 12.3 Å². The lowest BCUT2D eigenvalue weighted by molar-refractivity contribution is 0.383. The van der Waals surface area contributed by atoms with Crippen molar-refractivity contribution in [3.05, 3.63) is 47.9 Å². The fourth-order valence-electron chi connectivity index (χ4n) is 3.71. The molecule has 0 N–H and O–H groups in total. The van der Waals surface area contributed by atoms with Crippen LogP contribution in [-0.4, -0.2) is 62.0 Å². The van der Waals surface area contributed by atoms with E-state index in [2.05, 4.69) is 19.8 Å². The van der Waals surface area contributed by atoms with E-state index in [0.717, 1.165) is 37.7 Å². The Morgan fingerprint density at radius 1 is 0.964 bits per heavy atom. The van der Waals surface area contributed by atoms with Gasteiger partial charge in [-0.1, -0.05) is 12.1 Å². The van der Waals surface area contributed by atoms with Crippen LogP contribution in [0.25, 0.3) is 0 Å². The van der Waals surface area contributed by atoms with Crippen molar-refractivity contribution in [1.82, 2.24) is 14.3 Å². The Hall–Kier alpha value is -2.26. The third-order valence-electron chi connectivity index (χ3n) is 5.21. The fraction of sp³-hybridized carbons (Fsp3) is 0.474. The molecule has 0 saturated carbocycles. The summed E-state index contributed by atoms with van der Waals surface area (Å²) in [5.41, 5.74) is 0.466. The largest absolute Gasteiger partial charge is 0.354 e. The van der Waals surface area contributed by atoms with Crippen LogP contribution in [0.4, 0.5) is 16.2 Å². The Bertz CT molecular complexity index is 925. The number of anilines is 2. The number of rotatable bonds is 5. The van der Waals surface area contributed by atoms with Crippen LogP contribution < -0.4 is 9.80 Å². The van der Waals surface area contributed by atoms with Gasteiger partial charge in [0.2, 0.25) is 16.0 Å². The first-order valence-electron chi connectivity index (χ1n) is 9.56. The molecule has 7 nitrogen and oxygen atoms in total. The van der Waals surface area contributed by atoms with Crippen molar-refractivity contribution in [2.75, 3.05) is 49.1 Å². The first-order valence-corrected chi connectivity index (χ1v) is 11.2. The zero-order chi connectivity index (χ0) is 19.6. The van der Waals surface area contributed by atoms with Gasteiger partial charge in [-0.05, 0) is 36.6 Å². The minimum atomic E-state index is -3.48. The van der Waals surface area contributed by atoms with Crippen LogP contribution in [-0.2, 0) is 15.8 Å². The molecule has 0 atom stereocenters. The molecule has 28 heavy (non-hydrogen) atoms. The highest BCUT2D eigenvalue weighted by atomic mass is 32.2. The van der Waals surface area contributed by atoms with Crippen LogP contribution in [0.1, 0.15) is 18.4 Å². The smallest absolute Gasteiger partial charge is 0.227 e. The van der Waals surface area contributed by atoms with Gasteiger partial charge in [0.1, 0.15) is 11.6 Å². The van der Waals surface area contributed by atoms with Crippen LogP contribution in [0.2, 0.25) is 0 Å². The second-order valence-corrected chi connectivity index (χ2v) is 9.15. The van der Waals surface area contributed by atoms with E-state index >= 15 is 0 Å². The molecule has 0 radical (unpaired) electrons. The predicted molar refractivity (Wildman–Crippen MR) is 106 cm³/mol. The molecule has 4 rings (SSSR count). The molecule has 3 heterocycles. The van der Waals surface area contributed by atoms with Gasteiger partial charge >= 0.3 is 0 Å². The number of aromatic nitrogens is 2. The summed E-state index contributed by atoms with van der Waals surface area (Å²) in [6.45, 7) is 3.88. The quantitative estimate of drug-likeness (QED) is 0.756. The highest BCUT2D eigenvalue weighted by Crippen LogP contribution is 2.21. The molecule has 2 aromatic rings. The lowest BCUT2D eigenvalue weighted by Crippen LogP contribution is -2.49. The van der Waals surface area contributed by atoms with E-state index in [-0.39, 0.29) is 5.75 Å². The van der Waals surface area contributed by atoms with Gasteiger partial charge in [0.15, 0.2) is 0 Å². The molecule has 0 aliphatic carbocycles. The van der Waals surface area contributed by atoms with E-state index in [1.807, 2.05) is 6.07 Å². The van der Waals surface area contributed by atoms with Gasteiger partial charge in [-0.15, -0.1) is 0 Å². The normalized spacial score (nSPS) is 18.6. The van der Waals surface area contributed by atoms with E-state index in [1.165, 1.54) is 22.5 Å².